The molecule has 0 unspecified atom stereocenters. The normalized spacial score (nSPS) is 13.6. The number of hydrogen-bond acceptors (Lipinski definition) is 0. The topological polar surface area (TPSA) is 0 Å². The molecule has 0 saturated carbocycles. The molecule has 0 aromatic heterocycles. The van der Waals surface area contributed by atoms with Gasteiger partial charge in [0.2, 0.25) is 0 Å². The molecule has 0 aliphatic rings. The first-order valence-corrected chi connectivity index (χ1v) is 7.56. The van der Waals surface area contributed by atoms with E-state index in [1.807, 2.05) is 0 Å². The van der Waals surface area contributed by atoms with E-state index in [1.165, 1.54) is 5.57 Å². The lowest BCUT2D eigenvalue weighted by Gasteiger charge is -2.13. The maximum Gasteiger partial charge on any atom is 0.0895 e. The summed E-state index contributed by atoms with van der Waals surface area (Å²) in [6, 6.07) is 0. The van der Waals surface area contributed by atoms with Gasteiger partial charge in [0.1, 0.15) is 0 Å². The molecular formula is C9H17Cl2P. The monoisotopic (exact) mass is 226 g/mol. The molecule has 0 aromatic carbocycles. The van der Waals surface area contributed by atoms with E-state index in [9.17, 15) is 0 Å². The Bertz CT molecular complexity index is 151. The van der Waals surface area contributed by atoms with Crippen LogP contribution in [-0.2, 0) is 0 Å². The van der Waals surface area contributed by atoms with E-state index in [1.54, 1.807) is 0 Å². The van der Waals surface area contributed by atoms with Crippen LogP contribution in [0.5, 0.6) is 0 Å². The third kappa shape index (κ3) is 6.29. The predicted molar refractivity (Wildman–Crippen MR) is 61.3 cm³/mol. The first-order chi connectivity index (χ1) is 5.43. The highest BCUT2D eigenvalue weighted by molar-refractivity contribution is 8.04. The van der Waals surface area contributed by atoms with Gasteiger partial charge in [0, 0.05) is 6.16 Å². The van der Waals surface area contributed by atoms with Gasteiger partial charge in [-0.05, 0) is 11.8 Å². The van der Waals surface area contributed by atoms with Gasteiger partial charge in [-0.25, -0.2) is 0 Å². The second kappa shape index (κ2) is 6.24. The van der Waals surface area contributed by atoms with Gasteiger partial charge in [-0.3, -0.25) is 0 Å². The van der Waals surface area contributed by atoms with Crippen molar-refractivity contribution in [3.63, 3.8) is 0 Å². The largest absolute Gasteiger partial charge is 0.0895 e. The van der Waals surface area contributed by atoms with Crippen LogP contribution < -0.4 is 0 Å². The van der Waals surface area contributed by atoms with Crippen LogP contribution >= 0.6 is 29.1 Å². The maximum absolute atomic E-state index is 5.79. The summed E-state index contributed by atoms with van der Waals surface area (Å²) in [5.41, 5.74) is 1.39. The van der Waals surface area contributed by atoms with Crippen molar-refractivity contribution >= 4 is 29.1 Å². The highest BCUT2D eigenvalue weighted by atomic mass is 35.9. The van der Waals surface area contributed by atoms with Gasteiger partial charge in [-0.1, -0.05) is 61.8 Å². The van der Waals surface area contributed by atoms with Gasteiger partial charge in [-0.15, -0.1) is 0 Å². The van der Waals surface area contributed by atoms with Gasteiger partial charge in [0.25, 0.3) is 0 Å². The van der Waals surface area contributed by atoms with Gasteiger partial charge >= 0.3 is 0 Å². The van der Waals surface area contributed by atoms with Crippen LogP contribution in [0.3, 0.4) is 0 Å². The Morgan fingerprint density at radius 1 is 1.25 bits per heavy atom. The fourth-order valence-electron chi connectivity index (χ4n) is 0.994. The average molecular weight is 227 g/mol. The van der Waals surface area contributed by atoms with Crippen LogP contribution in [0.1, 0.15) is 27.7 Å². The molecular weight excluding hydrogens is 210 g/mol. The molecule has 72 valence electrons. The highest BCUT2D eigenvalue weighted by Crippen LogP contribution is 2.49. The number of rotatable bonds is 4. The zero-order valence-corrected chi connectivity index (χ0v) is 10.5. The lowest BCUT2D eigenvalue weighted by atomic mass is 10.0. The summed E-state index contributed by atoms with van der Waals surface area (Å²) in [7, 11) is 0. The summed E-state index contributed by atoms with van der Waals surface area (Å²) in [5.74, 6) is 1.15. The second-order valence-corrected chi connectivity index (χ2v) is 7.49. The molecule has 0 nitrogen and oxygen atoms in total. The van der Waals surface area contributed by atoms with E-state index in [4.69, 9.17) is 22.5 Å². The lowest BCUT2D eigenvalue weighted by Crippen LogP contribution is -1.99. The Morgan fingerprint density at radius 3 is 2.00 bits per heavy atom. The Hall–Kier alpha value is 0.750. The number of halogens is 2. The SMILES string of the molecule is CC(C)C=C(CP(Cl)Cl)C(C)C. The molecule has 0 bridgehead atoms. The first kappa shape index (κ1) is 12.8. The predicted octanol–water partition coefficient (Wildman–Crippen LogP) is 5.01. The maximum atomic E-state index is 5.79. The van der Waals surface area contributed by atoms with Crippen molar-refractivity contribution in [1.82, 2.24) is 0 Å². The molecule has 0 atom stereocenters. The van der Waals surface area contributed by atoms with Gasteiger partial charge in [0.15, 0.2) is 0 Å². The Balaban J connectivity index is 4.23. The summed E-state index contributed by atoms with van der Waals surface area (Å²) in [5, 5.41) is 0. The molecule has 0 fully saturated rings. The van der Waals surface area contributed by atoms with Crippen molar-refractivity contribution in [1.29, 1.82) is 0 Å². The molecule has 0 heterocycles. The molecule has 0 aliphatic heterocycles. The molecule has 0 saturated heterocycles. The van der Waals surface area contributed by atoms with Crippen LogP contribution in [0.15, 0.2) is 11.6 Å². The van der Waals surface area contributed by atoms with Crippen molar-refractivity contribution in [3.05, 3.63) is 11.6 Å². The minimum atomic E-state index is -0.827. The quantitative estimate of drug-likeness (QED) is 0.467. The lowest BCUT2D eigenvalue weighted by molar-refractivity contribution is 0.734. The molecule has 12 heavy (non-hydrogen) atoms. The fourth-order valence-corrected chi connectivity index (χ4v) is 2.57. The molecule has 0 radical (unpaired) electrons. The van der Waals surface area contributed by atoms with E-state index >= 15 is 0 Å². The van der Waals surface area contributed by atoms with Crippen LogP contribution in [0.2, 0.25) is 0 Å². The van der Waals surface area contributed by atoms with Crippen molar-refractivity contribution < 1.29 is 0 Å². The summed E-state index contributed by atoms with van der Waals surface area (Å²) < 4.78 is 0. The van der Waals surface area contributed by atoms with Crippen LogP contribution in [0.4, 0.5) is 0 Å². The Morgan fingerprint density at radius 2 is 1.75 bits per heavy atom. The smallest absolute Gasteiger partial charge is 0.0821 e. The van der Waals surface area contributed by atoms with Gasteiger partial charge < -0.3 is 0 Å². The van der Waals surface area contributed by atoms with E-state index in [0.717, 1.165) is 6.16 Å². The average Bonchev–Trinajstić information content (AvgIpc) is 1.83. The first-order valence-electron chi connectivity index (χ1n) is 4.23. The summed E-state index contributed by atoms with van der Waals surface area (Å²) in [4.78, 5) is 0. The second-order valence-electron chi connectivity index (χ2n) is 3.60. The molecule has 0 aliphatic carbocycles. The minimum Gasteiger partial charge on any atom is -0.0821 e. The molecule has 0 amide bonds. The summed E-state index contributed by atoms with van der Waals surface area (Å²) in [6.07, 6.45) is 3.12. The molecule has 0 N–H and O–H groups in total. The third-order valence-electron chi connectivity index (χ3n) is 1.59. The van der Waals surface area contributed by atoms with Crippen molar-refractivity contribution in [2.75, 3.05) is 6.16 Å². The van der Waals surface area contributed by atoms with Crippen molar-refractivity contribution in [3.8, 4) is 0 Å². The molecule has 0 rings (SSSR count). The zero-order valence-electron chi connectivity index (χ0n) is 8.14. The molecule has 0 aromatic rings. The highest BCUT2D eigenvalue weighted by Gasteiger charge is 2.08. The zero-order chi connectivity index (χ0) is 9.72. The fraction of sp³-hybridized carbons (Fsp3) is 0.778. The number of allylic oxidation sites excluding steroid dienone is 2. The van der Waals surface area contributed by atoms with Crippen LogP contribution in [0, 0.1) is 11.8 Å². The minimum absolute atomic E-state index is 0.565. The van der Waals surface area contributed by atoms with Crippen molar-refractivity contribution in [2.24, 2.45) is 11.8 Å². The third-order valence-corrected chi connectivity index (χ3v) is 2.91. The summed E-state index contributed by atoms with van der Waals surface area (Å²) in [6.45, 7) is 7.88. The van der Waals surface area contributed by atoms with Gasteiger partial charge in [0.05, 0.1) is 6.63 Å². The van der Waals surface area contributed by atoms with Crippen LogP contribution in [0.25, 0.3) is 0 Å². The molecule has 0 spiro atoms. The number of hydrogen-bond donors (Lipinski definition) is 0. The molecule has 3 heteroatoms. The Labute approximate surface area is 86.7 Å². The van der Waals surface area contributed by atoms with Gasteiger partial charge in [-0.2, -0.15) is 0 Å². The van der Waals surface area contributed by atoms with E-state index in [0.29, 0.717) is 11.8 Å². The van der Waals surface area contributed by atoms with E-state index < -0.39 is 6.63 Å². The summed E-state index contributed by atoms with van der Waals surface area (Å²) >= 11 is 11.6. The van der Waals surface area contributed by atoms with E-state index in [2.05, 4.69) is 33.8 Å². The van der Waals surface area contributed by atoms with Crippen LogP contribution in [-0.4, -0.2) is 6.16 Å². The Kier molecular flexibility index (Phi) is 6.63. The van der Waals surface area contributed by atoms with E-state index in [-0.39, 0.29) is 0 Å². The van der Waals surface area contributed by atoms with Crippen molar-refractivity contribution in [2.45, 2.75) is 27.7 Å². The standard InChI is InChI=1S/C9H17Cl2P/c1-7(2)5-9(8(3)4)6-12(10)11/h5,7-8H,6H2,1-4H3.